The molecule has 0 atom stereocenters. The van der Waals surface area contributed by atoms with Crippen molar-refractivity contribution in [3.05, 3.63) is 59.7 Å². The van der Waals surface area contributed by atoms with Crippen LogP contribution in [0.2, 0.25) is 0 Å². The fourth-order valence-corrected chi connectivity index (χ4v) is 3.12. The molecule has 9 heteroatoms. The number of nitrogens with one attached hydrogen (secondary N) is 2. The van der Waals surface area contributed by atoms with Crippen molar-refractivity contribution in [2.45, 2.75) is 11.4 Å². The van der Waals surface area contributed by atoms with E-state index in [0.29, 0.717) is 11.3 Å². The van der Waals surface area contributed by atoms with Gasteiger partial charge in [0, 0.05) is 6.54 Å². The van der Waals surface area contributed by atoms with E-state index < -0.39 is 28.4 Å². The van der Waals surface area contributed by atoms with Crippen molar-refractivity contribution in [2.75, 3.05) is 20.8 Å². The molecule has 8 nitrogen and oxygen atoms in total. The Kier molecular flexibility index (Phi) is 6.91. The Balaban J connectivity index is 1.85. The predicted octanol–water partition coefficient (Wildman–Crippen LogP) is 1.08. The Morgan fingerprint density at radius 3 is 2.15 bits per heavy atom. The Labute approximate surface area is 157 Å². The van der Waals surface area contributed by atoms with E-state index in [1.807, 2.05) is 0 Å². The predicted molar refractivity (Wildman–Crippen MR) is 97.8 cm³/mol. The summed E-state index contributed by atoms with van der Waals surface area (Å²) >= 11 is 0. The Bertz CT molecular complexity index is 892. The summed E-state index contributed by atoms with van der Waals surface area (Å²) in [7, 11) is -1.02. The number of hydrogen-bond acceptors (Lipinski definition) is 6. The minimum Gasteiger partial charge on any atom is -0.497 e. The zero-order valence-electron chi connectivity index (χ0n) is 14.9. The Morgan fingerprint density at radius 1 is 0.963 bits per heavy atom. The zero-order chi connectivity index (χ0) is 19.9. The van der Waals surface area contributed by atoms with Gasteiger partial charge in [-0.2, -0.15) is 0 Å². The highest BCUT2D eigenvalue weighted by molar-refractivity contribution is 7.89. The van der Waals surface area contributed by atoms with Gasteiger partial charge in [0.2, 0.25) is 15.9 Å². The van der Waals surface area contributed by atoms with Gasteiger partial charge in [0.25, 0.3) is 0 Å². The van der Waals surface area contributed by atoms with Crippen molar-refractivity contribution in [3.63, 3.8) is 0 Å². The van der Waals surface area contributed by atoms with Crippen LogP contribution in [0.25, 0.3) is 0 Å². The summed E-state index contributed by atoms with van der Waals surface area (Å²) in [5.41, 5.74) is 1.16. The van der Waals surface area contributed by atoms with Gasteiger partial charge >= 0.3 is 5.97 Å². The second-order valence-electron chi connectivity index (χ2n) is 5.47. The molecule has 2 aromatic rings. The normalized spacial score (nSPS) is 10.9. The molecule has 1 amide bonds. The van der Waals surface area contributed by atoms with Gasteiger partial charge < -0.3 is 14.8 Å². The molecule has 0 unspecified atom stereocenters. The first-order valence-corrected chi connectivity index (χ1v) is 9.41. The number of carbonyl (C=O) groups excluding carboxylic acids is 2. The van der Waals surface area contributed by atoms with Crippen molar-refractivity contribution in [3.8, 4) is 5.75 Å². The van der Waals surface area contributed by atoms with E-state index in [1.165, 1.54) is 38.5 Å². The van der Waals surface area contributed by atoms with Gasteiger partial charge in [0.1, 0.15) is 5.75 Å². The van der Waals surface area contributed by atoms with Crippen LogP contribution >= 0.6 is 0 Å². The molecule has 2 N–H and O–H groups in total. The lowest BCUT2D eigenvalue weighted by molar-refractivity contribution is -0.120. The summed E-state index contributed by atoms with van der Waals surface area (Å²) in [4.78, 5) is 23.3. The molecule has 144 valence electrons. The number of amides is 1. The Morgan fingerprint density at radius 2 is 1.59 bits per heavy atom. The van der Waals surface area contributed by atoms with Gasteiger partial charge in [-0.15, -0.1) is 0 Å². The minimum absolute atomic E-state index is 0.0366. The molecule has 2 rings (SSSR count). The molecule has 0 aliphatic heterocycles. The van der Waals surface area contributed by atoms with E-state index in [4.69, 9.17) is 4.74 Å². The third-order valence-corrected chi connectivity index (χ3v) is 5.07. The molecule has 0 aromatic heterocycles. The van der Waals surface area contributed by atoms with Crippen molar-refractivity contribution in [1.29, 1.82) is 0 Å². The second kappa shape index (κ2) is 9.15. The van der Waals surface area contributed by atoms with Crippen molar-refractivity contribution in [2.24, 2.45) is 0 Å². The highest BCUT2D eigenvalue weighted by atomic mass is 32.2. The van der Waals surface area contributed by atoms with E-state index >= 15 is 0 Å². The molecule has 27 heavy (non-hydrogen) atoms. The van der Waals surface area contributed by atoms with Crippen molar-refractivity contribution in [1.82, 2.24) is 10.0 Å². The molecule has 2 aromatic carbocycles. The van der Waals surface area contributed by atoms with E-state index in [1.54, 1.807) is 24.3 Å². The third-order valence-electron chi connectivity index (χ3n) is 3.66. The van der Waals surface area contributed by atoms with Crippen LogP contribution in [-0.2, 0) is 26.1 Å². The number of ether oxygens (including phenoxy) is 2. The number of esters is 1. The molecule has 0 radical (unpaired) electrons. The van der Waals surface area contributed by atoms with Gasteiger partial charge in [0.15, 0.2) is 0 Å². The summed E-state index contributed by atoms with van der Waals surface area (Å²) in [6.07, 6.45) is 0. The highest BCUT2D eigenvalue weighted by Gasteiger charge is 2.15. The number of benzene rings is 2. The van der Waals surface area contributed by atoms with Crippen LogP contribution in [0.1, 0.15) is 15.9 Å². The average Bonchev–Trinajstić information content (AvgIpc) is 2.70. The van der Waals surface area contributed by atoms with Crippen LogP contribution in [0, 0.1) is 0 Å². The van der Waals surface area contributed by atoms with Gasteiger partial charge in [0.05, 0.1) is 31.2 Å². The first-order chi connectivity index (χ1) is 12.9. The maximum Gasteiger partial charge on any atom is 0.337 e. The molecule has 0 heterocycles. The number of carbonyl (C=O) groups is 2. The first kappa shape index (κ1) is 20.4. The maximum absolute atomic E-state index is 12.2. The maximum atomic E-state index is 12.2. The lowest BCUT2D eigenvalue weighted by atomic mass is 10.1. The third kappa shape index (κ3) is 5.80. The van der Waals surface area contributed by atoms with Crippen LogP contribution in [0.4, 0.5) is 0 Å². The fourth-order valence-electron chi connectivity index (χ4n) is 2.14. The van der Waals surface area contributed by atoms with E-state index in [-0.39, 0.29) is 11.4 Å². The van der Waals surface area contributed by atoms with E-state index in [2.05, 4.69) is 14.8 Å². The molecule has 0 spiro atoms. The standard InChI is InChI=1S/C18H20N2O6S/c1-25-15-7-9-16(10-8-15)27(23,24)20-12-17(21)19-11-13-3-5-14(6-4-13)18(22)26-2/h3-10,20H,11-12H2,1-2H3,(H,19,21). The number of rotatable bonds is 8. The molecule has 0 bridgehead atoms. The lowest BCUT2D eigenvalue weighted by Crippen LogP contribution is -2.36. The number of hydrogen-bond donors (Lipinski definition) is 2. The van der Waals surface area contributed by atoms with Crippen LogP contribution in [-0.4, -0.2) is 41.1 Å². The summed E-state index contributed by atoms with van der Waals surface area (Å²) < 4.78 is 36.2. The van der Waals surface area contributed by atoms with Crippen LogP contribution < -0.4 is 14.8 Å². The highest BCUT2D eigenvalue weighted by Crippen LogP contribution is 2.15. The second-order valence-corrected chi connectivity index (χ2v) is 7.23. The summed E-state index contributed by atoms with van der Waals surface area (Å²) in [6, 6.07) is 12.3. The SMILES string of the molecule is COC(=O)c1ccc(CNC(=O)CNS(=O)(=O)c2ccc(OC)cc2)cc1. The van der Waals surface area contributed by atoms with Gasteiger partial charge in [-0.25, -0.2) is 17.9 Å². The summed E-state index contributed by atoms with van der Waals surface area (Å²) in [5.74, 6) is -0.396. The van der Waals surface area contributed by atoms with Gasteiger partial charge in [-0.1, -0.05) is 12.1 Å². The monoisotopic (exact) mass is 392 g/mol. The van der Waals surface area contributed by atoms with E-state index in [9.17, 15) is 18.0 Å². The fraction of sp³-hybridized carbons (Fsp3) is 0.222. The number of methoxy groups -OCH3 is 2. The summed E-state index contributed by atoms with van der Waals surface area (Å²) in [6.45, 7) is -0.195. The molecular formula is C18H20N2O6S. The van der Waals surface area contributed by atoms with Crippen LogP contribution in [0.3, 0.4) is 0 Å². The number of sulfonamides is 1. The molecule has 0 fully saturated rings. The summed E-state index contributed by atoms with van der Waals surface area (Å²) in [5, 5.41) is 2.60. The van der Waals surface area contributed by atoms with Gasteiger partial charge in [-0.3, -0.25) is 4.79 Å². The molecular weight excluding hydrogens is 372 g/mol. The quantitative estimate of drug-likeness (QED) is 0.651. The van der Waals surface area contributed by atoms with Crippen LogP contribution in [0.15, 0.2) is 53.4 Å². The molecule has 0 saturated carbocycles. The minimum atomic E-state index is -3.80. The Hall–Kier alpha value is -2.91. The largest absolute Gasteiger partial charge is 0.497 e. The smallest absolute Gasteiger partial charge is 0.337 e. The van der Waals surface area contributed by atoms with Crippen LogP contribution in [0.5, 0.6) is 5.75 Å². The van der Waals surface area contributed by atoms with Crippen molar-refractivity contribution < 1.29 is 27.5 Å². The molecule has 0 aliphatic carbocycles. The van der Waals surface area contributed by atoms with E-state index in [0.717, 1.165) is 5.56 Å². The average molecular weight is 392 g/mol. The topological polar surface area (TPSA) is 111 Å². The molecule has 0 aliphatic rings. The first-order valence-electron chi connectivity index (χ1n) is 7.93. The van der Waals surface area contributed by atoms with Gasteiger partial charge in [-0.05, 0) is 42.0 Å². The zero-order valence-corrected chi connectivity index (χ0v) is 15.7. The lowest BCUT2D eigenvalue weighted by Gasteiger charge is -2.09. The molecule has 0 saturated heterocycles. The van der Waals surface area contributed by atoms with Crippen molar-refractivity contribution >= 4 is 21.9 Å².